The van der Waals surface area contributed by atoms with Crippen LogP contribution in [0.4, 0.5) is 5.69 Å². The highest BCUT2D eigenvalue weighted by atomic mass is 35.5. The Morgan fingerprint density at radius 2 is 1.83 bits per heavy atom. The number of rotatable bonds is 4. The predicted octanol–water partition coefficient (Wildman–Crippen LogP) is 3.67. The standard InChI is InChI=1S/C18H13ClN2O3/c1-24-18(23)16-5-3-2-4-12(16)10-13(11-20)17(22)21-15-8-6-14(19)7-9-15/h2-10H,1H3,(H,21,22)/b13-10+. The predicted molar refractivity (Wildman–Crippen MR) is 91.5 cm³/mol. The van der Waals surface area contributed by atoms with Crippen LogP contribution in [-0.2, 0) is 9.53 Å². The first-order valence-electron chi connectivity index (χ1n) is 6.91. The molecular formula is C18H13ClN2O3. The Morgan fingerprint density at radius 3 is 2.46 bits per heavy atom. The fourth-order valence-corrected chi connectivity index (χ4v) is 2.08. The number of hydrogen-bond acceptors (Lipinski definition) is 4. The Bertz CT molecular complexity index is 836. The van der Waals surface area contributed by atoms with Crippen molar-refractivity contribution in [2.45, 2.75) is 0 Å². The number of carbonyl (C=O) groups excluding carboxylic acids is 2. The van der Waals surface area contributed by atoms with Gasteiger partial charge in [0, 0.05) is 10.7 Å². The zero-order valence-corrected chi connectivity index (χ0v) is 13.5. The fourth-order valence-electron chi connectivity index (χ4n) is 1.95. The number of nitrogens with one attached hydrogen (secondary N) is 1. The molecule has 1 N–H and O–H groups in total. The van der Waals surface area contributed by atoms with Crippen LogP contribution < -0.4 is 5.32 Å². The third-order valence-corrected chi connectivity index (χ3v) is 3.39. The molecule has 0 saturated carbocycles. The van der Waals surface area contributed by atoms with Gasteiger partial charge in [-0.25, -0.2) is 4.79 Å². The van der Waals surface area contributed by atoms with Crippen LogP contribution in [0.2, 0.25) is 5.02 Å². The Kier molecular flexibility index (Phi) is 5.72. The number of nitrogens with zero attached hydrogens (tertiary/aromatic N) is 1. The lowest BCUT2D eigenvalue weighted by molar-refractivity contribution is -0.112. The zero-order chi connectivity index (χ0) is 17.5. The van der Waals surface area contributed by atoms with E-state index in [1.807, 2.05) is 6.07 Å². The number of amides is 1. The topological polar surface area (TPSA) is 79.2 Å². The maximum atomic E-state index is 12.2. The number of anilines is 1. The molecule has 6 heteroatoms. The molecule has 0 unspecified atom stereocenters. The van der Waals surface area contributed by atoms with Gasteiger partial charge in [0.25, 0.3) is 5.91 Å². The number of hydrogen-bond donors (Lipinski definition) is 1. The summed E-state index contributed by atoms with van der Waals surface area (Å²) >= 11 is 5.79. The second-order valence-electron chi connectivity index (χ2n) is 4.71. The highest BCUT2D eigenvalue weighted by Crippen LogP contribution is 2.17. The molecule has 0 aromatic heterocycles. The first-order chi connectivity index (χ1) is 11.5. The summed E-state index contributed by atoms with van der Waals surface area (Å²) in [6.07, 6.45) is 1.34. The van der Waals surface area contributed by atoms with Crippen molar-refractivity contribution >= 4 is 35.2 Å². The van der Waals surface area contributed by atoms with Crippen molar-refractivity contribution in [1.29, 1.82) is 5.26 Å². The van der Waals surface area contributed by atoms with Gasteiger partial charge in [-0.3, -0.25) is 4.79 Å². The third-order valence-electron chi connectivity index (χ3n) is 3.13. The maximum Gasteiger partial charge on any atom is 0.338 e. The van der Waals surface area contributed by atoms with E-state index in [9.17, 15) is 14.9 Å². The molecule has 0 aliphatic rings. The van der Waals surface area contributed by atoms with Crippen molar-refractivity contribution < 1.29 is 14.3 Å². The first-order valence-corrected chi connectivity index (χ1v) is 7.29. The Labute approximate surface area is 144 Å². The number of halogens is 1. The van der Waals surface area contributed by atoms with Crippen molar-refractivity contribution in [3.63, 3.8) is 0 Å². The van der Waals surface area contributed by atoms with Gasteiger partial charge in [-0.05, 0) is 42.0 Å². The monoisotopic (exact) mass is 340 g/mol. The van der Waals surface area contributed by atoms with Gasteiger partial charge < -0.3 is 10.1 Å². The van der Waals surface area contributed by atoms with E-state index in [2.05, 4.69) is 5.32 Å². The number of esters is 1. The molecule has 0 aliphatic carbocycles. The SMILES string of the molecule is COC(=O)c1ccccc1/C=C(\C#N)C(=O)Nc1ccc(Cl)cc1. The summed E-state index contributed by atoms with van der Waals surface area (Å²) in [7, 11) is 1.27. The molecule has 0 aliphatic heterocycles. The van der Waals surface area contributed by atoms with E-state index >= 15 is 0 Å². The molecule has 0 radical (unpaired) electrons. The summed E-state index contributed by atoms with van der Waals surface area (Å²) in [4.78, 5) is 24.0. The zero-order valence-electron chi connectivity index (χ0n) is 12.7. The molecular weight excluding hydrogens is 328 g/mol. The molecule has 0 bridgehead atoms. The summed E-state index contributed by atoms with van der Waals surface area (Å²) in [5, 5.41) is 12.4. The highest BCUT2D eigenvalue weighted by molar-refractivity contribution is 6.30. The van der Waals surface area contributed by atoms with E-state index in [0.717, 1.165) is 0 Å². The van der Waals surface area contributed by atoms with E-state index in [0.29, 0.717) is 16.3 Å². The number of ether oxygens (including phenoxy) is 1. The van der Waals surface area contributed by atoms with E-state index < -0.39 is 11.9 Å². The number of nitriles is 1. The molecule has 1 amide bonds. The molecule has 24 heavy (non-hydrogen) atoms. The lowest BCUT2D eigenvalue weighted by Gasteiger charge is -2.06. The first kappa shape index (κ1) is 17.3. The van der Waals surface area contributed by atoms with Crippen LogP contribution in [0, 0.1) is 11.3 Å². The minimum atomic E-state index is -0.584. The van der Waals surface area contributed by atoms with Gasteiger partial charge in [0.2, 0.25) is 0 Å². The molecule has 2 rings (SSSR count). The normalized spacial score (nSPS) is 10.6. The second kappa shape index (κ2) is 7.95. The summed E-state index contributed by atoms with van der Waals surface area (Å²) < 4.78 is 4.70. The quantitative estimate of drug-likeness (QED) is 0.523. The molecule has 120 valence electrons. The van der Waals surface area contributed by atoms with Crippen LogP contribution in [0.15, 0.2) is 54.1 Å². The second-order valence-corrected chi connectivity index (χ2v) is 5.15. The average Bonchev–Trinajstić information content (AvgIpc) is 2.61. The molecule has 0 saturated heterocycles. The Morgan fingerprint density at radius 1 is 1.17 bits per heavy atom. The molecule has 0 spiro atoms. The number of benzene rings is 2. The van der Waals surface area contributed by atoms with Gasteiger partial charge in [-0.1, -0.05) is 29.8 Å². The van der Waals surface area contributed by atoms with Gasteiger partial charge in [-0.15, -0.1) is 0 Å². The van der Waals surface area contributed by atoms with Gasteiger partial charge in [0.05, 0.1) is 12.7 Å². The lowest BCUT2D eigenvalue weighted by Crippen LogP contribution is -2.13. The molecule has 0 heterocycles. The van der Waals surface area contributed by atoms with Gasteiger partial charge in [0.1, 0.15) is 11.6 Å². The van der Waals surface area contributed by atoms with Crippen LogP contribution in [0.5, 0.6) is 0 Å². The maximum absolute atomic E-state index is 12.2. The molecule has 2 aromatic rings. The summed E-state index contributed by atoms with van der Waals surface area (Å²) in [6, 6.07) is 14.9. The molecule has 5 nitrogen and oxygen atoms in total. The van der Waals surface area contributed by atoms with Crippen LogP contribution >= 0.6 is 11.6 Å². The summed E-state index contributed by atoms with van der Waals surface area (Å²) in [5.74, 6) is -1.13. The van der Waals surface area contributed by atoms with Crippen molar-refractivity contribution in [2.75, 3.05) is 12.4 Å². The molecule has 2 aromatic carbocycles. The minimum absolute atomic E-state index is 0.138. The smallest absolute Gasteiger partial charge is 0.338 e. The van der Waals surface area contributed by atoms with Crippen LogP contribution in [0.25, 0.3) is 6.08 Å². The van der Waals surface area contributed by atoms with Crippen molar-refractivity contribution in [1.82, 2.24) is 0 Å². The third kappa shape index (κ3) is 4.22. The lowest BCUT2D eigenvalue weighted by atomic mass is 10.0. The van der Waals surface area contributed by atoms with Crippen molar-refractivity contribution in [3.8, 4) is 6.07 Å². The van der Waals surface area contributed by atoms with E-state index in [-0.39, 0.29) is 11.1 Å². The number of methoxy groups -OCH3 is 1. The fraction of sp³-hybridized carbons (Fsp3) is 0.0556. The number of carbonyl (C=O) groups is 2. The summed E-state index contributed by atoms with van der Waals surface area (Å²) in [5.41, 5.74) is 1.06. The minimum Gasteiger partial charge on any atom is -0.465 e. The molecule has 0 fully saturated rings. The van der Waals surface area contributed by atoms with E-state index in [4.69, 9.17) is 16.3 Å². The van der Waals surface area contributed by atoms with Crippen molar-refractivity contribution in [3.05, 3.63) is 70.3 Å². The highest BCUT2D eigenvalue weighted by Gasteiger charge is 2.14. The van der Waals surface area contributed by atoms with Crippen LogP contribution in [-0.4, -0.2) is 19.0 Å². The largest absolute Gasteiger partial charge is 0.465 e. The Balaban J connectivity index is 2.29. The van der Waals surface area contributed by atoms with Crippen LogP contribution in [0.3, 0.4) is 0 Å². The van der Waals surface area contributed by atoms with Gasteiger partial charge in [0.15, 0.2) is 0 Å². The van der Waals surface area contributed by atoms with Gasteiger partial charge in [-0.2, -0.15) is 5.26 Å². The van der Waals surface area contributed by atoms with Gasteiger partial charge >= 0.3 is 5.97 Å². The van der Waals surface area contributed by atoms with E-state index in [1.165, 1.54) is 13.2 Å². The van der Waals surface area contributed by atoms with Crippen LogP contribution in [0.1, 0.15) is 15.9 Å². The van der Waals surface area contributed by atoms with E-state index in [1.54, 1.807) is 48.5 Å². The average molecular weight is 341 g/mol. The van der Waals surface area contributed by atoms with Crippen molar-refractivity contribution in [2.24, 2.45) is 0 Å². The Hall–Kier alpha value is -3.10. The molecule has 0 atom stereocenters. The summed E-state index contributed by atoms with van der Waals surface area (Å²) in [6.45, 7) is 0.